The van der Waals surface area contributed by atoms with Gasteiger partial charge in [-0.05, 0) is 12.1 Å². The van der Waals surface area contributed by atoms with Crippen molar-refractivity contribution in [1.82, 2.24) is 9.97 Å². The third kappa shape index (κ3) is 3.51. The van der Waals surface area contributed by atoms with Gasteiger partial charge >= 0.3 is 0 Å². The maximum atomic E-state index is 12.4. The van der Waals surface area contributed by atoms with Crippen molar-refractivity contribution >= 4 is 32.3 Å². The number of sulfonamides is 1. The van der Waals surface area contributed by atoms with Crippen LogP contribution in [-0.4, -0.2) is 25.4 Å². The van der Waals surface area contributed by atoms with Gasteiger partial charge in [-0.2, -0.15) is 0 Å². The molecule has 0 aromatic carbocycles. The van der Waals surface area contributed by atoms with Crippen molar-refractivity contribution in [2.75, 3.05) is 17.1 Å². The van der Waals surface area contributed by atoms with Crippen molar-refractivity contribution in [3.05, 3.63) is 29.4 Å². The van der Waals surface area contributed by atoms with Gasteiger partial charge in [-0.15, -0.1) is 11.3 Å². The third-order valence-corrected chi connectivity index (χ3v) is 5.05. The van der Waals surface area contributed by atoms with Crippen molar-refractivity contribution in [2.24, 2.45) is 0 Å². The second-order valence-corrected chi connectivity index (χ2v) is 8.00. The molecule has 0 aliphatic rings. The van der Waals surface area contributed by atoms with Crippen LogP contribution in [0.2, 0.25) is 0 Å². The monoisotopic (exact) mass is 326 g/mol. The highest BCUT2D eigenvalue weighted by molar-refractivity contribution is 7.93. The lowest BCUT2D eigenvalue weighted by Gasteiger charge is -2.14. The van der Waals surface area contributed by atoms with Crippen molar-refractivity contribution in [3.8, 4) is 0 Å². The first-order chi connectivity index (χ1) is 9.74. The molecule has 0 aliphatic heterocycles. The minimum Gasteiger partial charge on any atom is -0.372 e. The Morgan fingerprint density at radius 1 is 1.29 bits per heavy atom. The van der Waals surface area contributed by atoms with Crippen molar-refractivity contribution < 1.29 is 8.42 Å². The van der Waals surface area contributed by atoms with E-state index in [0.717, 1.165) is 5.69 Å². The molecule has 0 atom stereocenters. The summed E-state index contributed by atoms with van der Waals surface area (Å²) in [5.41, 5.74) is 0.732. The largest absolute Gasteiger partial charge is 0.372 e. The van der Waals surface area contributed by atoms with Crippen LogP contribution in [0, 0.1) is 0 Å². The van der Waals surface area contributed by atoms with E-state index in [1.807, 2.05) is 26.2 Å². The zero-order valence-corrected chi connectivity index (χ0v) is 14.0. The van der Waals surface area contributed by atoms with Crippen LogP contribution in [0.25, 0.3) is 0 Å². The van der Waals surface area contributed by atoms with E-state index in [2.05, 4.69) is 20.0 Å². The molecule has 0 bridgehead atoms. The van der Waals surface area contributed by atoms with Crippen LogP contribution in [-0.2, 0) is 15.4 Å². The molecule has 114 valence electrons. The quantitative estimate of drug-likeness (QED) is 0.902. The molecule has 0 spiro atoms. The first-order valence-corrected chi connectivity index (χ1v) is 8.72. The maximum absolute atomic E-state index is 12.4. The molecule has 0 saturated carbocycles. The lowest BCUT2D eigenvalue weighted by atomic mass is 9.93. The summed E-state index contributed by atoms with van der Waals surface area (Å²) in [5, 5.41) is 4.98. The first kappa shape index (κ1) is 15.7. The van der Waals surface area contributed by atoms with Gasteiger partial charge in [0.05, 0.1) is 5.69 Å². The molecule has 0 aliphatic carbocycles. The van der Waals surface area contributed by atoms with Crippen LogP contribution in [0.3, 0.4) is 0 Å². The highest BCUT2D eigenvalue weighted by Gasteiger charge is 2.22. The normalized spacial score (nSPS) is 12.2. The maximum Gasteiger partial charge on any atom is 0.267 e. The molecule has 8 heteroatoms. The van der Waals surface area contributed by atoms with Gasteiger partial charge in [0.1, 0.15) is 10.7 Å². The number of nitrogens with zero attached hydrogens (tertiary/aromatic N) is 2. The van der Waals surface area contributed by atoms with Gasteiger partial charge in [-0.3, -0.25) is 4.72 Å². The summed E-state index contributed by atoms with van der Waals surface area (Å²) in [5.74, 6) is 0.303. The second-order valence-electron chi connectivity index (χ2n) is 5.49. The lowest BCUT2D eigenvalue weighted by Crippen LogP contribution is -2.16. The summed E-state index contributed by atoms with van der Waals surface area (Å²) in [6.07, 6.45) is 1.53. The molecular formula is C13H18N4O2S2. The Bertz CT molecular complexity index is 733. The number of thiazole rings is 1. The fourth-order valence-electron chi connectivity index (χ4n) is 1.63. The molecule has 0 unspecified atom stereocenters. The standard InChI is InChI=1S/C13H18N4O2S2/c1-13(2,3)10-8-20-12(16-10)17-21(18,19)9-6-5-7-15-11(9)14-4/h5-8H,1-4H3,(H,14,15)(H,16,17). The Morgan fingerprint density at radius 2 is 2.00 bits per heavy atom. The van der Waals surface area contributed by atoms with Crippen LogP contribution < -0.4 is 10.0 Å². The van der Waals surface area contributed by atoms with Gasteiger partial charge in [-0.1, -0.05) is 20.8 Å². The van der Waals surface area contributed by atoms with E-state index >= 15 is 0 Å². The van der Waals surface area contributed by atoms with Crippen molar-refractivity contribution in [3.63, 3.8) is 0 Å². The Balaban J connectivity index is 2.32. The average Bonchev–Trinajstić information content (AvgIpc) is 2.86. The topological polar surface area (TPSA) is 84.0 Å². The van der Waals surface area contributed by atoms with Gasteiger partial charge in [0.2, 0.25) is 0 Å². The molecule has 0 saturated heterocycles. The summed E-state index contributed by atoms with van der Waals surface area (Å²) in [6.45, 7) is 6.08. The zero-order valence-electron chi connectivity index (χ0n) is 12.3. The third-order valence-electron chi connectivity index (χ3n) is 2.79. The summed E-state index contributed by atoms with van der Waals surface area (Å²) < 4.78 is 27.3. The Kier molecular flexibility index (Phi) is 4.20. The van der Waals surface area contributed by atoms with Crippen molar-refractivity contribution in [2.45, 2.75) is 31.1 Å². The molecule has 2 aromatic rings. The fourth-order valence-corrected chi connectivity index (χ4v) is 3.98. The summed E-state index contributed by atoms with van der Waals surface area (Å²) in [7, 11) is -2.09. The smallest absolute Gasteiger partial charge is 0.267 e. The summed E-state index contributed by atoms with van der Waals surface area (Å²) in [4.78, 5) is 8.43. The van der Waals surface area contributed by atoms with Gasteiger partial charge in [0, 0.05) is 24.0 Å². The zero-order chi connectivity index (χ0) is 15.7. The van der Waals surface area contributed by atoms with Gasteiger partial charge in [0.15, 0.2) is 5.13 Å². The lowest BCUT2D eigenvalue weighted by molar-refractivity contribution is 0.573. The van der Waals surface area contributed by atoms with Crippen LogP contribution in [0.4, 0.5) is 10.9 Å². The summed E-state index contributed by atoms with van der Waals surface area (Å²) in [6, 6.07) is 3.08. The predicted molar refractivity (Wildman–Crippen MR) is 85.4 cm³/mol. The SMILES string of the molecule is CNc1ncccc1S(=O)(=O)Nc1nc(C(C)(C)C)cs1. The Labute approximate surface area is 128 Å². The van der Waals surface area contributed by atoms with Crippen LogP contribution in [0.15, 0.2) is 28.6 Å². The number of pyridine rings is 1. The fraction of sp³-hybridized carbons (Fsp3) is 0.385. The van der Waals surface area contributed by atoms with E-state index < -0.39 is 10.0 Å². The molecule has 2 N–H and O–H groups in total. The number of aromatic nitrogens is 2. The summed E-state index contributed by atoms with van der Waals surface area (Å²) >= 11 is 1.27. The molecule has 0 fully saturated rings. The number of hydrogen-bond donors (Lipinski definition) is 2. The van der Waals surface area contributed by atoms with E-state index in [4.69, 9.17) is 0 Å². The number of hydrogen-bond acceptors (Lipinski definition) is 6. The molecule has 6 nitrogen and oxygen atoms in total. The van der Waals surface area contributed by atoms with Gasteiger partial charge in [-0.25, -0.2) is 18.4 Å². The molecule has 0 radical (unpaired) electrons. The minimum absolute atomic E-state index is 0.0972. The second kappa shape index (κ2) is 5.61. The highest BCUT2D eigenvalue weighted by atomic mass is 32.2. The van der Waals surface area contributed by atoms with E-state index in [1.165, 1.54) is 23.6 Å². The highest BCUT2D eigenvalue weighted by Crippen LogP contribution is 2.28. The first-order valence-electron chi connectivity index (χ1n) is 6.35. The van der Waals surface area contributed by atoms with Crippen LogP contribution >= 0.6 is 11.3 Å². The minimum atomic E-state index is -3.72. The number of anilines is 2. The molecule has 21 heavy (non-hydrogen) atoms. The molecule has 2 aromatic heterocycles. The molecule has 2 heterocycles. The molecular weight excluding hydrogens is 308 g/mol. The predicted octanol–water partition coefficient (Wildman–Crippen LogP) is 2.68. The van der Waals surface area contributed by atoms with E-state index in [-0.39, 0.29) is 10.3 Å². The van der Waals surface area contributed by atoms with E-state index in [1.54, 1.807) is 13.1 Å². The van der Waals surface area contributed by atoms with Gasteiger partial charge in [0.25, 0.3) is 10.0 Å². The molecule has 2 rings (SSSR count). The van der Waals surface area contributed by atoms with Crippen molar-refractivity contribution in [1.29, 1.82) is 0 Å². The Morgan fingerprint density at radius 3 is 2.57 bits per heavy atom. The average molecular weight is 326 g/mol. The van der Waals surface area contributed by atoms with E-state index in [0.29, 0.717) is 10.9 Å². The van der Waals surface area contributed by atoms with Crippen LogP contribution in [0.5, 0.6) is 0 Å². The van der Waals surface area contributed by atoms with Gasteiger partial charge < -0.3 is 5.32 Å². The van der Waals surface area contributed by atoms with Crippen LogP contribution in [0.1, 0.15) is 26.5 Å². The molecule has 0 amide bonds. The Hall–Kier alpha value is -1.67. The number of nitrogens with one attached hydrogen (secondary N) is 2. The number of rotatable bonds is 4. The van der Waals surface area contributed by atoms with E-state index in [9.17, 15) is 8.42 Å².